The minimum absolute atomic E-state index is 0.0741. The van der Waals surface area contributed by atoms with Crippen molar-refractivity contribution in [2.75, 3.05) is 31.1 Å². The Morgan fingerprint density at radius 1 is 1.09 bits per heavy atom. The molecule has 176 valence electrons. The maximum absolute atomic E-state index is 12.5. The zero-order chi connectivity index (χ0) is 24.0. The van der Waals surface area contributed by atoms with Crippen molar-refractivity contribution in [1.82, 2.24) is 20.2 Å². The molecule has 0 bridgehead atoms. The van der Waals surface area contributed by atoms with Crippen molar-refractivity contribution >= 4 is 41.1 Å². The van der Waals surface area contributed by atoms with Gasteiger partial charge in [-0.2, -0.15) is 0 Å². The van der Waals surface area contributed by atoms with Crippen LogP contribution in [-0.4, -0.2) is 52.4 Å². The van der Waals surface area contributed by atoms with Crippen LogP contribution in [0.5, 0.6) is 0 Å². The zero-order valence-corrected chi connectivity index (χ0v) is 18.9. The van der Waals surface area contributed by atoms with Crippen LogP contribution in [0.2, 0.25) is 5.15 Å². The van der Waals surface area contributed by atoms with Gasteiger partial charge in [-0.3, -0.25) is 15.1 Å². The Morgan fingerprint density at radius 3 is 2.39 bits per heavy atom. The molecule has 1 fully saturated rings. The first-order valence-corrected chi connectivity index (χ1v) is 10.8. The number of nitrogens with zero attached hydrogens (tertiary/aromatic N) is 4. The molecule has 1 aromatic heterocycles. The molecular formula is C21H28ClN9O2. The summed E-state index contributed by atoms with van der Waals surface area (Å²) in [5, 5.41) is 2.33. The molecule has 0 radical (unpaired) electrons. The first kappa shape index (κ1) is 24.1. The van der Waals surface area contributed by atoms with Gasteiger partial charge in [0.15, 0.2) is 28.4 Å². The lowest BCUT2D eigenvalue weighted by molar-refractivity contribution is 0.0970. The smallest absolute Gasteiger partial charge is 0.314 e. The summed E-state index contributed by atoms with van der Waals surface area (Å²) in [7, 11) is 0. The number of aliphatic imine (C=N–C) groups is 1. The second-order valence-electron chi connectivity index (χ2n) is 8.10. The predicted molar refractivity (Wildman–Crippen MR) is 127 cm³/mol. The number of guanidine groups is 1. The van der Waals surface area contributed by atoms with Gasteiger partial charge in [-0.15, -0.1) is 0 Å². The molecule has 0 saturated carbocycles. The lowest BCUT2D eigenvalue weighted by Gasteiger charge is -2.40. The number of likely N-dealkylation sites (tertiary alicyclic amines) is 1. The molecule has 12 heteroatoms. The summed E-state index contributed by atoms with van der Waals surface area (Å²) in [6.07, 6.45) is 3.15. The Bertz CT molecular complexity index is 1040. The Hall–Kier alpha value is -3.60. The van der Waals surface area contributed by atoms with Crippen molar-refractivity contribution < 1.29 is 9.59 Å². The number of halogens is 1. The molecular weight excluding hydrogens is 446 g/mol. The first-order chi connectivity index (χ1) is 15.7. The third kappa shape index (κ3) is 6.22. The summed E-state index contributed by atoms with van der Waals surface area (Å²) < 4.78 is 0. The van der Waals surface area contributed by atoms with Crippen molar-refractivity contribution in [3.05, 3.63) is 46.7 Å². The fraction of sp³-hybridized carbons (Fsp3) is 0.381. The summed E-state index contributed by atoms with van der Waals surface area (Å²) in [5.74, 6) is -1.01. The molecule has 0 aliphatic carbocycles. The van der Waals surface area contributed by atoms with Gasteiger partial charge in [0.1, 0.15) is 0 Å². The number of carbonyl (C=O) groups is 2. The molecule has 0 spiro atoms. The molecule has 1 aliphatic heterocycles. The number of nitrogens with one attached hydrogen (secondary N) is 1. The van der Waals surface area contributed by atoms with Gasteiger partial charge in [0.2, 0.25) is 0 Å². The number of aryl methyl sites for hydroxylation is 1. The summed E-state index contributed by atoms with van der Waals surface area (Å²) in [6.45, 7) is 1.46. The average Bonchev–Trinajstić information content (AvgIpc) is 2.80. The predicted octanol–water partition coefficient (Wildman–Crippen LogP) is 1.13. The monoisotopic (exact) mass is 473 g/mol. The Balaban J connectivity index is 1.70. The van der Waals surface area contributed by atoms with Crippen LogP contribution in [0.15, 0.2) is 35.3 Å². The lowest BCUT2D eigenvalue weighted by Crippen LogP contribution is -2.47. The van der Waals surface area contributed by atoms with Crippen molar-refractivity contribution in [3.8, 4) is 0 Å². The van der Waals surface area contributed by atoms with Crippen LogP contribution in [0.3, 0.4) is 0 Å². The van der Waals surface area contributed by atoms with Crippen LogP contribution in [0.1, 0.15) is 35.3 Å². The van der Waals surface area contributed by atoms with E-state index in [0.29, 0.717) is 19.6 Å². The minimum atomic E-state index is -0.690. The first-order valence-electron chi connectivity index (χ1n) is 10.5. The van der Waals surface area contributed by atoms with Crippen LogP contribution >= 0.6 is 11.6 Å². The van der Waals surface area contributed by atoms with Crippen molar-refractivity contribution in [1.29, 1.82) is 0 Å². The fourth-order valence-corrected chi connectivity index (χ4v) is 3.95. The number of primary amides is 1. The van der Waals surface area contributed by atoms with E-state index in [2.05, 4.69) is 32.4 Å². The van der Waals surface area contributed by atoms with Gasteiger partial charge in [0.05, 0.1) is 0 Å². The highest BCUT2D eigenvalue weighted by Crippen LogP contribution is 2.36. The Kier molecular flexibility index (Phi) is 7.54. The molecule has 1 aliphatic rings. The summed E-state index contributed by atoms with van der Waals surface area (Å²) in [4.78, 5) is 37.7. The number of rotatable bonds is 6. The van der Waals surface area contributed by atoms with Gasteiger partial charge in [0, 0.05) is 19.6 Å². The Morgan fingerprint density at radius 2 is 1.76 bits per heavy atom. The number of urea groups is 1. The number of hydrogen-bond acceptors (Lipinski definition) is 7. The molecule has 33 heavy (non-hydrogen) atoms. The number of nitrogen functional groups attached to an aromatic ring is 2. The highest BCUT2D eigenvalue weighted by atomic mass is 35.5. The molecule has 1 aromatic carbocycles. The minimum Gasteiger partial charge on any atom is -0.382 e. The van der Waals surface area contributed by atoms with Gasteiger partial charge in [-0.05, 0) is 36.7 Å². The normalized spacial score (nSPS) is 15.8. The second-order valence-corrected chi connectivity index (χ2v) is 8.46. The number of carbonyl (C=O) groups excluding carboxylic acids is 2. The van der Waals surface area contributed by atoms with Gasteiger partial charge in [-0.1, -0.05) is 41.9 Å². The topological polar surface area (TPSA) is 192 Å². The van der Waals surface area contributed by atoms with E-state index in [9.17, 15) is 9.59 Å². The molecule has 0 unspecified atom stereocenters. The van der Waals surface area contributed by atoms with Gasteiger partial charge >= 0.3 is 6.03 Å². The van der Waals surface area contributed by atoms with E-state index in [-0.39, 0.29) is 33.9 Å². The van der Waals surface area contributed by atoms with Crippen molar-refractivity contribution in [2.45, 2.75) is 25.7 Å². The van der Waals surface area contributed by atoms with Gasteiger partial charge in [-0.25, -0.2) is 14.8 Å². The van der Waals surface area contributed by atoms with Crippen molar-refractivity contribution in [3.63, 3.8) is 0 Å². The maximum Gasteiger partial charge on any atom is 0.314 e. The van der Waals surface area contributed by atoms with Crippen LogP contribution in [0.25, 0.3) is 0 Å². The molecule has 0 atom stereocenters. The number of hydrogen-bond donors (Lipinski definition) is 5. The summed E-state index contributed by atoms with van der Waals surface area (Å²) in [6, 6.07) is 9.70. The molecule has 1 saturated heterocycles. The number of aromatic nitrogens is 2. The van der Waals surface area contributed by atoms with Crippen LogP contribution in [0, 0.1) is 5.41 Å². The number of amides is 3. The van der Waals surface area contributed by atoms with E-state index in [1.165, 1.54) is 5.56 Å². The molecule has 2 aromatic rings. The third-order valence-electron chi connectivity index (χ3n) is 5.87. The Labute approximate surface area is 196 Å². The van der Waals surface area contributed by atoms with E-state index >= 15 is 0 Å². The zero-order valence-electron chi connectivity index (χ0n) is 18.1. The molecule has 11 nitrogen and oxygen atoms in total. The quantitative estimate of drug-likeness (QED) is 0.306. The van der Waals surface area contributed by atoms with E-state index < -0.39 is 11.9 Å². The highest BCUT2D eigenvalue weighted by Gasteiger charge is 2.35. The fourth-order valence-electron chi connectivity index (χ4n) is 3.82. The second kappa shape index (κ2) is 10.3. The third-order valence-corrected chi connectivity index (χ3v) is 6.15. The molecule has 3 rings (SSSR count). The number of anilines is 2. The number of piperidine rings is 1. The molecule has 2 heterocycles. The van der Waals surface area contributed by atoms with E-state index in [0.717, 1.165) is 25.7 Å². The van der Waals surface area contributed by atoms with Gasteiger partial charge < -0.3 is 27.8 Å². The molecule has 9 N–H and O–H groups in total. The number of nitrogens with two attached hydrogens (primary N) is 4. The summed E-state index contributed by atoms with van der Waals surface area (Å²) >= 11 is 5.83. The summed E-state index contributed by atoms with van der Waals surface area (Å²) in [5.41, 5.74) is 23.5. The average molecular weight is 474 g/mol. The van der Waals surface area contributed by atoms with Gasteiger partial charge in [0.25, 0.3) is 5.91 Å². The van der Waals surface area contributed by atoms with E-state index in [1.807, 2.05) is 18.2 Å². The van der Waals surface area contributed by atoms with Crippen molar-refractivity contribution in [2.24, 2.45) is 21.9 Å². The molecule has 3 amide bonds. The highest BCUT2D eigenvalue weighted by molar-refractivity contribution is 6.31. The lowest BCUT2D eigenvalue weighted by atomic mass is 9.74. The van der Waals surface area contributed by atoms with Crippen LogP contribution in [-0.2, 0) is 6.42 Å². The maximum atomic E-state index is 12.5. The van der Waals surface area contributed by atoms with E-state index in [4.69, 9.17) is 34.5 Å². The SMILES string of the molecule is NC(=O)N1CCC(CCc2ccccc2)(CN=C(N)NC(=O)c2nc(Cl)c(N)nc2N)CC1. The number of benzene rings is 1. The van der Waals surface area contributed by atoms with Crippen LogP contribution < -0.4 is 28.3 Å². The standard InChI is InChI=1S/C21H28ClN9O2/c22-15-17(24)29-16(23)14(28-15)18(32)30-19(25)27-12-21(7-6-13-4-2-1-3-5-13)8-10-31(11-9-21)20(26)33/h1-5H,6-12H2,(H2,26,33)(H4,23,24,29)(H3,25,27,30,32). The van der Waals surface area contributed by atoms with E-state index in [1.54, 1.807) is 4.90 Å². The van der Waals surface area contributed by atoms with Crippen LogP contribution in [0.4, 0.5) is 16.4 Å². The largest absolute Gasteiger partial charge is 0.382 e.